The standard InChI is InChI=1S/C13H10FNO/c14-13-9-11(7-8-15-13)2-1-10-3-5-12(16)6-4-10/h1-9,16H. The van der Waals surface area contributed by atoms with Gasteiger partial charge < -0.3 is 5.11 Å². The molecule has 0 aliphatic heterocycles. The van der Waals surface area contributed by atoms with Crippen molar-refractivity contribution in [3.05, 3.63) is 59.7 Å². The van der Waals surface area contributed by atoms with Crippen molar-refractivity contribution in [3.63, 3.8) is 0 Å². The molecule has 1 N–H and O–H groups in total. The van der Waals surface area contributed by atoms with E-state index in [2.05, 4.69) is 4.98 Å². The minimum Gasteiger partial charge on any atom is -0.508 e. The number of rotatable bonds is 2. The normalized spacial score (nSPS) is 10.8. The summed E-state index contributed by atoms with van der Waals surface area (Å²) in [5, 5.41) is 9.10. The molecule has 0 radical (unpaired) electrons. The van der Waals surface area contributed by atoms with Crippen LogP contribution in [-0.4, -0.2) is 10.1 Å². The first kappa shape index (κ1) is 10.4. The molecule has 1 heterocycles. The molecule has 0 spiro atoms. The highest BCUT2D eigenvalue weighted by molar-refractivity contribution is 5.69. The molecule has 0 aliphatic carbocycles. The number of benzene rings is 1. The average Bonchev–Trinajstić information content (AvgIpc) is 2.28. The Labute approximate surface area is 92.7 Å². The van der Waals surface area contributed by atoms with Crippen molar-refractivity contribution in [2.75, 3.05) is 0 Å². The van der Waals surface area contributed by atoms with Crippen molar-refractivity contribution in [2.45, 2.75) is 0 Å². The molecule has 0 amide bonds. The first-order chi connectivity index (χ1) is 7.74. The van der Waals surface area contributed by atoms with Crippen LogP contribution in [0.2, 0.25) is 0 Å². The average molecular weight is 215 g/mol. The summed E-state index contributed by atoms with van der Waals surface area (Å²) in [7, 11) is 0. The lowest BCUT2D eigenvalue weighted by Crippen LogP contribution is -1.81. The van der Waals surface area contributed by atoms with Crippen molar-refractivity contribution in [3.8, 4) is 5.75 Å². The van der Waals surface area contributed by atoms with E-state index in [1.54, 1.807) is 36.4 Å². The quantitative estimate of drug-likeness (QED) is 0.781. The Kier molecular flexibility index (Phi) is 2.96. The third kappa shape index (κ3) is 2.67. The molecule has 2 rings (SSSR count). The maximum absolute atomic E-state index is 12.8. The predicted molar refractivity (Wildman–Crippen MR) is 61.2 cm³/mol. The number of hydrogen-bond acceptors (Lipinski definition) is 2. The fourth-order valence-corrected chi connectivity index (χ4v) is 1.30. The zero-order chi connectivity index (χ0) is 11.4. The monoisotopic (exact) mass is 215 g/mol. The van der Waals surface area contributed by atoms with Gasteiger partial charge in [-0.2, -0.15) is 4.39 Å². The van der Waals surface area contributed by atoms with Crippen LogP contribution in [0.25, 0.3) is 12.2 Å². The van der Waals surface area contributed by atoms with E-state index >= 15 is 0 Å². The number of pyridine rings is 1. The van der Waals surface area contributed by atoms with Crippen LogP contribution in [0.5, 0.6) is 5.75 Å². The number of aromatic nitrogens is 1. The Bertz CT molecular complexity index is 506. The fraction of sp³-hybridized carbons (Fsp3) is 0. The molecule has 1 aromatic carbocycles. The Morgan fingerprint density at radius 3 is 2.38 bits per heavy atom. The highest BCUT2D eigenvalue weighted by Gasteiger charge is 1.92. The van der Waals surface area contributed by atoms with E-state index in [0.29, 0.717) is 0 Å². The lowest BCUT2D eigenvalue weighted by atomic mass is 10.1. The minimum atomic E-state index is -0.493. The summed E-state index contributed by atoms with van der Waals surface area (Å²) in [5.74, 6) is -0.264. The lowest BCUT2D eigenvalue weighted by Gasteiger charge is -1.95. The summed E-state index contributed by atoms with van der Waals surface area (Å²) in [6.45, 7) is 0. The van der Waals surface area contributed by atoms with Crippen molar-refractivity contribution in [1.29, 1.82) is 0 Å². The van der Waals surface area contributed by atoms with E-state index in [1.807, 2.05) is 6.08 Å². The van der Waals surface area contributed by atoms with Crippen LogP contribution in [0.3, 0.4) is 0 Å². The highest BCUT2D eigenvalue weighted by atomic mass is 19.1. The molecule has 0 aliphatic rings. The molecule has 80 valence electrons. The van der Waals surface area contributed by atoms with Crippen LogP contribution in [0.15, 0.2) is 42.6 Å². The Morgan fingerprint density at radius 2 is 1.69 bits per heavy atom. The van der Waals surface area contributed by atoms with Crippen LogP contribution in [0.1, 0.15) is 11.1 Å². The van der Waals surface area contributed by atoms with Gasteiger partial charge in [0.15, 0.2) is 0 Å². The Morgan fingerprint density at radius 1 is 1.00 bits per heavy atom. The molecule has 0 fully saturated rings. The summed E-state index contributed by atoms with van der Waals surface area (Å²) in [6, 6.07) is 9.85. The first-order valence-corrected chi connectivity index (χ1v) is 4.83. The maximum Gasteiger partial charge on any atom is 0.213 e. The molecule has 0 atom stereocenters. The number of aromatic hydroxyl groups is 1. The summed E-state index contributed by atoms with van der Waals surface area (Å²) in [4.78, 5) is 3.47. The van der Waals surface area contributed by atoms with Crippen LogP contribution < -0.4 is 0 Å². The summed E-state index contributed by atoms with van der Waals surface area (Å²) >= 11 is 0. The third-order valence-corrected chi connectivity index (χ3v) is 2.11. The molecule has 2 aromatic rings. The van der Waals surface area contributed by atoms with Gasteiger partial charge in [-0.25, -0.2) is 4.98 Å². The number of hydrogen-bond donors (Lipinski definition) is 1. The van der Waals surface area contributed by atoms with Crippen LogP contribution in [0, 0.1) is 5.95 Å². The summed E-state index contributed by atoms with van der Waals surface area (Å²) in [6.07, 6.45) is 5.05. The van der Waals surface area contributed by atoms with Crippen molar-refractivity contribution in [2.24, 2.45) is 0 Å². The second-order valence-electron chi connectivity index (χ2n) is 3.34. The molecule has 2 nitrogen and oxygen atoms in total. The topological polar surface area (TPSA) is 33.1 Å². The van der Waals surface area contributed by atoms with Crippen LogP contribution in [-0.2, 0) is 0 Å². The lowest BCUT2D eigenvalue weighted by molar-refractivity contribution is 0.475. The molecule has 16 heavy (non-hydrogen) atoms. The van der Waals surface area contributed by atoms with E-state index in [1.165, 1.54) is 12.3 Å². The molecule has 0 saturated carbocycles. The smallest absolute Gasteiger partial charge is 0.213 e. The number of nitrogens with zero attached hydrogens (tertiary/aromatic N) is 1. The van der Waals surface area contributed by atoms with Gasteiger partial charge in [0, 0.05) is 12.3 Å². The molecular weight excluding hydrogens is 205 g/mol. The summed E-state index contributed by atoms with van der Waals surface area (Å²) < 4.78 is 12.8. The van der Waals surface area contributed by atoms with Gasteiger partial charge in [-0.15, -0.1) is 0 Å². The Balaban J connectivity index is 2.18. The van der Waals surface area contributed by atoms with Gasteiger partial charge in [0.1, 0.15) is 5.75 Å². The SMILES string of the molecule is Oc1ccc(C=Cc2ccnc(F)c2)cc1. The second-order valence-corrected chi connectivity index (χ2v) is 3.34. The zero-order valence-electron chi connectivity index (χ0n) is 8.47. The van der Waals surface area contributed by atoms with Gasteiger partial charge >= 0.3 is 0 Å². The predicted octanol–water partition coefficient (Wildman–Crippen LogP) is 3.10. The summed E-state index contributed by atoms with van der Waals surface area (Å²) in [5.41, 5.74) is 1.69. The van der Waals surface area contributed by atoms with Crippen molar-refractivity contribution in [1.82, 2.24) is 4.98 Å². The van der Waals surface area contributed by atoms with E-state index < -0.39 is 5.95 Å². The van der Waals surface area contributed by atoms with E-state index in [9.17, 15) is 4.39 Å². The first-order valence-electron chi connectivity index (χ1n) is 4.83. The number of halogens is 1. The molecule has 0 saturated heterocycles. The molecule has 3 heteroatoms. The van der Waals surface area contributed by atoms with Gasteiger partial charge in [0.05, 0.1) is 0 Å². The fourth-order valence-electron chi connectivity index (χ4n) is 1.30. The van der Waals surface area contributed by atoms with Gasteiger partial charge in [-0.1, -0.05) is 24.3 Å². The van der Waals surface area contributed by atoms with Gasteiger partial charge in [-0.3, -0.25) is 0 Å². The maximum atomic E-state index is 12.8. The van der Waals surface area contributed by atoms with Crippen molar-refractivity contribution < 1.29 is 9.50 Å². The van der Waals surface area contributed by atoms with Gasteiger partial charge in [-0.05, 0) is 29.3 Å². The molecule has 0 unspecified atom stereocenters. The zero-order valence-corrected chi connectivity index (χ0v) is 8.47. The largest absolute Gasteiger partial charge is 0.508 e. The molecular formula is C13H10FNO. The minimum absolute atomic E-state index is 0.229. The number of phenols is 1. The van der Waals surface area contributed by atoms with Gasteiger partial charge in [0.25, 0.3) is 0 Å². The van der Waals surface area contributed by atoms with Gasteiger partial charge in [0.2, 0.25) is 5.95 Å². The third-order valence-electron chi connectivity index (χ3n) is 2.11. The molecule has 0 bridgehead atoms. The van der Waals surface area contributed by atoms with E-state index in [-0.39, 0.29) is 5.75 Å². The van der Waals surface area contributed by atoms with Crippen molar-refractivity contribution >= 4 is 12.2 Å². The highest BCUT2D eigenvalue weighted by Crippen LogP contribution is 2.12. The molecule has 1 aromatic heterocycles. The van der Waals surface area contributed by atoms with Crippen LogP contribution in [0.4, 0.5) is 4.39 Å². The Hall–Kier alpha value is -2.16. The van der Waals surface area contributed by atoms with Crippen LogP contribution >= 0.6 is 0 Å². The van der Waals surface area contributed by atoms with E-state index in [0.717, 1.165) is 11.1 Å². The second kappa shape index (κ2) is 4.57. The number of phenolic OH excluding ortho intramolecular Hbond substituents is 1. The van der Waals surface area contributed by atoms with E-state index in [4.69, 9.17) is 5.11 Å².